The Hall–Kier alpha value is -2.61. The van der Waals surface area contributed by atoms with E-state index >= 15 is 0 Å². The highest BCUT2D eigenvalue weighted by Crippen LogP contribution is 2.33. The van der Waals surface area contributed by atoms with Crippen molar-refractivity contribution in [2.24, 2.45) is 0 Å². The minimum absolute atomic E-state index is 0.00942. The van der Waals surface area contributed by atoms with Crippen molar-refractivity contribution >= 4 is 55.3 Å². The fourth-order valence-corrected chi connectivity index (χ4v) is 4.80. The summed E-state index contributed by atoms with van der Waals surface area (Å²) in [5, 5.41) is 37.2. The Balaban J connectivity index is 1.34. The lowest BCUT2D eigenvalue weighted by Crippen LogP contribution is -2.33. The molecule has 3 aromatic heterocycles. The van der Waals surface area contributed by atoms with Gasteiger partial charge in [0.2, 0.25) is 5.28 Å². The lowest BCUT2D eigenvalue weighted by Gasteiger charge is -2.17. The van der Waals surface area contributed by atoms with Gasteiger partial charge in [-0.05, 0) is 30.7 Å². The first-order chi connectivity index (χ1) is 15.9. The van der Waals surface area contributed by atoms with Crippen LogP contribution in [0.5, 0.6) is 0 Å². The topological polar surface area (TPSA) is 150 Å². The van der Waals surface area contributed by atoms with Crippen LogP contribution in [0.3, 0.4) is 0 Å². The van der Waals surface area contributed by atoms with Crippen LogP contribution < -0.4 is 10.6 Å². The largest absolute Gasteiger partial charge is 0.394 e. The standard InChI is InChI=1S/C20H22ClN7O4S/c1-9(6-22-20-25-10-4-2-3-5-12(10)33-20)24-16-13-17(27-19(21)26-16)28(8-23-13)18-15(31)14(30)11(7-29)32-18/h2-5,8-9,11,14-15,18,29-31H,6-7H2,1H3,(H,22,25)(H,24,26,27)/t9?,11-,14?,15?,18-/m1/s1. The monoisotopic (exact) mass is 491 g/mol. The zero-order chi connectivity index (χ0) is 23.1. The number of aliphatic hydroxyl groups is 3. The van der Waals surface area contributed by atoms with Gasteiger partial charge in [0.15, 0.2) is 28.3 Å². The number of aromatic nitrogens is 5. The van der Waals surface area contributed by atoms with Crippen molar-refractivity contribution < 1.29 is 20.1 Å². The Kier molecular flexibility index (Phi) is 6.03. The molecule has 1 aliphatic rings. The second-order valence-electron chi connectivity index (χ2n) is 7.81. The van der Waals surface area contributed by atoms with Crippen LogP contribution in [0.15, 0.2) is 30.6 Å². The number of para-hydroxylation sites is 1. The SMILES string of the molecule is CC(CNc1nc2ccccc2s1)Nc1nc(Cl)nc2c1ncn2[C@@H]1O[C@H](CO)C(O)C1O. The van der Waals surface area contributed by atoms with E-state index in [1.807, 2.05) is 31.2 Å². The summed E-state index contributed by atoms with van der Waals surface area (Å²) in [6.45, 7) is 2.12. The number of hydrogen-bond donors (Lipinski definition) is 5. The van der Waals surface area contributed by atoms with Gasteiger partial charge >= 0.3 is 0 Å². The van der Waals surface area contributed by atoms with Gasteiger partial charge in [-0.2, -0.15) is 9.97 Å². The second-order valence-corrected chi connectivity index (χ2v) is 9.18. The Morgan fingerprint density at radius 1 is 1.21 bits per heavy atom. The van der Waals surface area contributed by atoms with Crippen molar-refractivity contribution in [2.75, 3.05) is 23.8 Å². The van der Waals surface area contributed by atoms with Gasteiger partial charge in [-0.1, -0.05) is 23.5 Å². The van der Waals surface area contributed by atoms with E-state index in [9.17, 15) is 15.3 Å². The highest BCUT2D eigenvalue weighted by atomic mass is 35.5. The predicted octanol–water partition coefficient (Wildman–Crippen LogP) is 1.61. The molecular formula is C20H22ClN7O4S. The number of nitrogens with zero attached hydrogens (tertiary/aromatic N) is 5. The third kappa shape index (κ3) is 4.21. The predicted molar refractivity (Wildman–Crippen MR) is 125 cm³/mol. The molecule has 5 N–H and O–H groups in total. The van der Waals surface area contributed by atoms with Gasteiger partial charge in [0, 0.05) is 12.6 Å². The van der Waals surface area contributed by atoms with E-state index in [0.717, 1.165) is 15.3 Å². The van der Waals surface area contributed by atoms with Crippen LogP contribution >= 0.6 is 22.9 Å². The number of hydrogen-bond acceptors (Lipinski definition) is 11. The van der Waals surface area contributed by atoms with Crippen LogP contribution in [-0.2, 0) is 4.74 Å². The van der Waals surface area contributed by atoms with Crippen molar-refractivity contribution in [1.29, 1.82) is 0 Å². The molecule has 174 valence electrons. The van der Waals surface area contributed by atoms with Crippen LogP contribution in [-0.4, -0.2) is 77.3 Å². The first kappa shape index (κ1) is 22.2. The minimum atomic E-state index is -1.26. The second kappa shape index (κ2) is 8.97. The minimum Gasteiger partial charge on any atom is -0.394 e. The molecule has 13 heteroatoms. The molecule has 4 aromatic rings. The Morgan fingerprint density at radius 2 is 2.03 bits per heavy atom. The molecule has 4 heterocycles. The van der Waals surface area contributed by atoms with Crippen LogP contribution in [0.25, 0.3) is 21.4 Å². The van der Waals surface area contributed by atoms with E-state index in [2.05, 4.69) is 30.6 Å². The molecule has 11 nitrogen and oxygen atoms in total. The van der Waals surface area contributed by atoms with Crippen LogP contribution in [0.2, 0.25) is 5.28 Å². The Labute approximate surface area is 197 Å². The third-order valence-electron chi connectivity index (χ3n) is 5.42. The van der Waals surface area contributed by atoms with Gasteiger partial charge in [0.05, 0.1) is 23.2 Å². The number of rotatable bonds is 7. The number of thiazole rings is 1. The van der Waals surface area contributed by atoms with E-state index < -0.39 is 31.1 Å². The van der Waals surface area contributed by atoms with Crippen molar-refractivity contribution in [1.82, 2.24) is 24.5 Å². The van der Waals surface area contributed by atoms with Crippen LogP contribution in [0, 0.1) is 0 Å². The summed E-state index contributed by atoms with van der Waals surface area (Å²) in [6, 6.07) is 7.88. The zero-order valence-electron chi connectivity index (χ0n) is 17.5. The van der Waals surface area contributed by atoms with Crippen molar-refractivity contribution in [3.63, 3.8) is 0 Å². The third-order valence-corrected chi connectivity index (χ3v) is 6.59. The first-order valence-corrected chi connectivity index (χ1v) is 11.5. The average molecular weight is 492 g/mol. The summed E-state index contributed by atoms with van der Waals surface area (Å²) in [5.74, 6) is 0.425. The zero-order valence-corrected chi connectivity index (χ0v) is 19.0. The van der Waals surface area contributed by atoms with Gasteiger partial charge in [0.25, 0.3) is 0 Å². The molecule has 1 fully saturated rings. The van der Waals surface area contributed by atoms with E-state index in [0.29, 0.717) is 23.5 Å². The maximum absolute atomic E-state index is 10.4. The molecular weight excluding hydrogens is 470 g/mol. The number of anilines is 2. The molecule has 33 heavy (non-hydrogen) atoms. The van der Waals surface area contributed by atoms with Crippen LogP contribution in [0.1, 0.15) is 13.2 Å². The highest BCUT2D eigenvalue weighted by molar-refractivity contribution is 7.22. The summed E-state index contributed by atoms with van der Waals surface area (Å²) in [4.78, 5) is 17.4. The van der Waals surface area contributed by atoms with Gasteiger partial charge in [-0.25, -0.2) is 9.97 Å². The number of ether oxygens (including phenoxy) is 1. The summed E-state index contributed by atoms with van der Waals surface area (Å²) in [5.41, 5.74) is 1.72. The number of aliphatic hydroxyl groups excluding tert-OH is 3. The summed E-state index contributed by atoms with van der Waals surface area (Å²) in [6.07, 6.45) is -2.95. The van der Waals surface area contributed by atoms with Crippen LogP contribution in [0.4, 0.5) is 10.9 Å². The summed E-state index contributed by atoms with van der Waals surface area (Å²) < 4.78 is 8.18. The molecule has 5 atom stereocenters. The van der Waals surface area contributed by atoms with E-state index in [1.54, 1.807) is 11.3 Å². The van der Waals surface area contributed by atoms with Crippen molar-refractivity contribution in [3.05, 3.63) is 35.9 Å². The molecule has 0 radical (unpaired) electrons. The summed E-state index contributed by atoms with van der Waals surface area (Å²) >= 11 is 7.74. The van der Waals surface area contributed by atoms with Gasteiger partial charge in [-0.3, -0.25) is 4.57 Å². The van der Waals surface area contributed by atoms with Crippen molar-refractivity contribution in [2.45, 2.75) is 37.5 Å². The fourth-order valence-electron chi connectivity index (χ4n) is 3.76. The number of fused-ring (bicyclic) bond motifs is 2. The first-order valence-electron chi connectivity index (χ1n) is 10.3. The van der Waals surface area contributed by atoms with Gasteiger partial charge < -0.3 is 30.7 Å². The van der Waals surface area contributed by atoms with Gasteiger partial charge in [-0.15, -0.1) is 0 Å². The maximum Gasteiger partial charge on any atom is 0.226 e. The lowest BCUT2D eigenvalue weighted by atomic mass is 10.1. The number of benzene rings is 1. The Morgan fingerprint density at radius 3 is 2.79 bits per heavy atom. The molecule has 5 rings (SSSR count). The highest BCUT2D eigenvalue weighted by Gasteiger charge is 2.44. The molecule has 1 aromatic carbocycles. The summed E-state index contributed by atoms with van der Waals surface area (Å²) in [7, 11) is 0. The number of imidazole rings is 1. The maximum atomic E-state index is 10.4. The molecule has 0 saturated carbocycles. The van der Waals surface area contributed by atoms with E-state index in [4.69, 9.17) is 16.3 Å². The normalized spacial score (nSPS) is 23.9. The Bertz CT molecular complexity index is 1250. The molecule has 0 aliphatic carbocycles. The van der Waals surface area contributed by atoms with E-state index in [1.165, 1.54) is 10.9 Å². The number of halogens is 1. The fraction of sp³-hybridized carbons (Fsp3) is 0.400. The molecule has 3 unspecified atom stereocenters. The molecule has 1 aliphatic heterocycles. The molecule has 1 saturated heterocycles. The molecule has 0 spiro atoms. The van der Waals surface area contributed by atoms with Crippen molar-refractivity contribution in [3.8, 4) is 0 Å². The smallest absolute Gasteiger partial charge is 0.226 e. The quantitative estimate of drug-likeness (QED) is 0.241. The lowest BCUT2D eigenvalue weighted by molar-refractivity contribution is -0.0511. The molecule has 0 amide bonds. The van der Waals surface area contributed by atoms with Gasteiger partial charge in [0.1, 0.15) is 18.3 Å². The number of nitrogens with one attached hydrogen (secondary N) is 2. The van der Waals surface area contributed by atoms with E-state index in [-0.39, 0.29) is 11.3 Å². The molecule has 0 bridgehead atoms. The average Bonchev–Trinajstić information content (AvgIpc) is 3.48.